The van der Waals surface area contributed by atoms with Crippen LogP contribution in [0.4, 0.5) is 31.7 Å². The maximum Gasteiger partial charge on any atom is 0.673 e. The molecule has 0 saturated carbocycles. The Balaban J connectivity index is 0.000000347. The minimum atomic E-state index is -6.00. The van der Waals surface area contributed by atoms with Crippen LogP contribution in [-0.4, -0.2) is 25.7 Å². The van der Waals surface area contributed by atoms with Crippen molar-refractivity contribution in [3.05, 3.63) is 29.8 Å². The van der Waals surface area contributed by atoms with Crippen molar-refractivity contribution >= 4 is 19.3 Å². The highest BCUT2D eigenvalue weighted by molar-refractivity contribution is 6.50. The predicted octanol–water partition coefficient (Wildman–Crippen LogP) is 1.97. The van der Waals surface area contributed by atoms with E-state index in [1.807, 2.05) is 13.8 Å². The molecule has 0 amide bonds. The fourth-order valence-corrected chi connectivity index (χ4v) is 1.64. The van der Waals surface area contributed by atoms with E-state index in [0.29, 0.717) is 12.2 Å². The molecule has 0 atom stereocenters. The van der Waals surface area contributed by atoms with Crippen molar-refractivity contribution < 1.29 is 31.0 Å². The van der Waals surface area contributed by atoms with Crippen LogP contribution < -0.4 is 9.89 Å². The van der Waals surface area contributed by atoms with Gasteiger partial charge >= 0.3 is 7.25 Å². The number of anilines is 1. The highest BCUT2D eigenvalue weighted by Gasteiger charge is 2.33. The van der Waals surface area contributed by atoms with E-state index < -0.39 is 18.9 Å². The third-order valence-electron chi connectivity index (χ3n) is 2.40. The van der Waals surface area contributed by atoms with Gasteiger partial charge in [-0.2, -0.15) is 0 Å². The van der Waals surface area contributed by atoms with Gasteiger partial charge in [-0.3, -0.25) is 4.99 Å². The molecule has 0 spiro atoms. The summed E-state index contributed by atoms with van der Waals surface area (Å²) >= 11 is 0. The summed E-state index contributed by atoms with van der Waals surface area (Å²) in [5.41, 5.74) is 0.315. The Hall–Kier alpha value is -1.67. The van der Waals surface area contributed by atoms with Crippen molar-refractivity contribution in [2.45, 2.75) is 19.4 Å². The third kappa shape index (κ3) is 5.54. The van der Waals surface area contributed by atoms with Crippen LogP contribution in [0.1, 0.15) is 13.8 Å². The first-order valence-corrected chi connectivity index (χ1v) is 5.68. The average molecular weight is 298 g/mol. The van der Waals surface area contributed by atoms with Gasteiger partial charge in [0.25, 0.3) is 0 Å². The molecule has 1 aliphatic heterocycles. The molecule has 1 aliphatic rings. The summed E-state index contributed by atoms with van der Waals surface area (Å²) in [4.78, 5) is 4.87. The fraction of sp³-hybridized carbons (Fsp3) is 0.364. The summed E-state index contributed by atoms with van der Waals surface area (Å²) in [6, 6.07) is 3.61. The lowest BCUT2D eigenvalue weighted by Gasteiger charge is -2.13. The summed E-state index contributed by atoms with van der Waals surface area (Å²) in [5, 5.41) is 0. The van der Waals surface area contributed by atoms with Gasteiger partial charge in [0.05, 0.1) is 0 Å². The summed E-state index contributed by atoms with van der Waals surface area (Å²) in [6.45, 7) is 4.70. The topological polar surface area (TPSA) is 17.2 Å². The predicted molar refractivity (Wildman–Crippen MR) is 65.0 cm³/mol. The first-order valence-electron chi connectivity index (χ1n) is 5.68. The maximum atomic E-state index is 13.4. The van der Waals surface area contributed by atoms with E-state index in [-0.39, 0.29) is 5.54 Å². The van der Waals surface area contributed by atoms with E-state index in [4.69, 9.17) is 0 Å². The first-order chi connectivity index (χ1) is 8.98. The standard InChI is InChI=1S/C11H12F2N2.BF4/c1-11(2)6-15(7-14-11)10-4-3-8(12)5-9(10)13;2-1(3,4)5/h3-5,7H,6H2,1-2H3;/q;-1/p+1. The Morgan fingerprint density at radius 2 is 1.70 bits per heavy atom. The van der Waals surface area contributed by atoms with E-state index in [9.17, 15) is 26.0 Å². The second-order valence-corrected chi connectivity index (χ2v) is 4.88. The largest absolute Gasteiger partial charge is 0.673 e. The molecule has 0 bridgehead atoms. The summed E-state index contributed by atoms with van der Waals surface area (Å²) in [6.07, 6.45) is 1.72. The van der Waals surface area contributed by atoms with Crippen LogP contribution >= 0.6 is 0 Å². The van der Waals surface area contributed by atoms with Crippen molar-refractivity contribution in [3.63, 3.8) is 0 Å². The van der Waals surface area contributed by atoms with E-state index in [1.165, 1.54) is 12.1 Å². The second kappa shape index (κ2) is 5.76. The van der Waals surface area contributed by atoms with Gasteiger partial charge in [-0.05, 0) is 26.0 Å². The van der Waals surface area contributed by atoms with Gasteiger partial charge in [-0.15, -0.1) is 0 Å². The number of benzene rings is 1. The lowest BCUT2D eigenvalue weighted by Crippen LogP contribution is -2.80. The highest BCUT2D eigenvalue weighted by atomic mass is 19.5. The molecule has 0 saturated heterocycles. The van der Waals surface area contributed by atoms with Crippen molar-refractivity contribution in [2.24, 2.45) is 0 Å². The molecule has 0 radical (unpaired) electrons. The van der Waals surface area contributed by atoms with Crippen molar-refractivity contribution in [2.75, 3.05) is 11.4 Å². The normalized spacial score (nSPS) is 16.9. The zero-order chi connectivity index (χ0) is 15.6. The Labute approximate surface area is 112 Å². The number of halogens is 6. The maximum absolute atomic E-state index is 13.4. The molecule has 2 rings (SSSR count). The minimum Gasteiger partial charge on any atom is -0.418 e. The molecule has 112 valence electrons. The molecular weight excluding hydrogens is 285 g/mol. The molecule has 1 aromatic carbocycles. The van der Waals surface area contributed by atoms with Crippen LogP contribution in [-0.2, 0) is 0 Å². The molecule has 20 heavy (non-hydrogen) atoms. The van der Waals surface area contributed by atoms with Crippen molar-refractivity contribution in [1.82, 2.24) is 0 Å². The zero-order valence-electron chi connectivity index (χ0n) is 10.8. The minimum absolute atomic E-state index is 0.0825. The Kier molecular flexibility index (Phi) is 4.72. The summed E-state index contributed by atoms with van der Waals surface area (Å²) < 4.78 is 65.1. The Bertz CT molecular complexity index is 494. The van der Waals surface area contributed by atoms with Gasteiger partial charge in [0.2, 0.25) is 6.34 Å². The molecule has 2 nitrogen and oxygen atoms in total. The molecule has 0 fully saturated rings. The van der Waals surface area contributed by atoms with Crippen LogP contribution in [0.3, 0.4) is 0 Å². The van der Waals surface area contributed by atoms with Crippen molar-refractivity contribution in [3.8, 4) is 0 Å². The third-order valence-corrected chi connectivity index (χ3v) is 2.40. The van der Waals surface area contributed by atoms with E-state index in [0.717, 1.165) is 6.07 Å². The fourth-order valence-electron chi connectivity index (χ4n) is 1.64. The summed E-state index contributed by atoms with van der Waals surface area (Å²) in [5.74, 6) is -1.09. The molecule has 0 aliphatic carbocycles. The Morgan fingerprint density at radius 3 is 2.10 bits per heavy atom. The van der Waals surface area contributed by atoms with Gasteiger partial charge in [-0.1, -0.05) is 0 Å². The first kappa shape index (κ1) is 16.4. The van der Waals surface area contributed by atoms with Gasteiger partial charge in [0.1, 0.15) is 17.9 Å². The van der Waals surface area contributed by atoms with Crippen molar-refractivity contribution in [1.29, 1.82) is 0 Å². The molecule has 9 heteroatoms. The number of hydrogen-bond donors (Lipinski definition) is 1. The molecular formula is C11H13BF6N2. The number of hydrogen-bond acceptors (Lipinski definition) is 1. The lowest BCUT2D eigenvalue weighted by molar-refractivity contribution is -0.526. The highest BCUT2D eigenvalue weighted by Crippen LogP contribution is 2.20. The van der Waals surface area contributed by atoms with E-state index in [2.05, 4.69) is 4.99 Å². The van der Waals surface area contributed by atoms with E-state index >= 15 is 0 Å². The van der Waals surface area contributed by atoms with Crippen LogP contribution in [0, 0.1) is 11.6 Å². The Morgan fingerprint density at radius 1 is 1.15 bits per heavy atom. The molecule has 1 heterocycles. The van der Waals surface area contributed by atoms with Crippen LogP contribution in [0.15, 0.2) is 18.2 Å². The zero-order valence-corrected chi connectivity index (χ0v) is 10.8. The molecule has 0 aromatic heterocycles. The van der Waals surface area contributed by atoms with Gasteiger partial charge < -0.3 is 17.3 Å². The SMILES string of the molecule is CC1(C)CN(c2ccc(F)cc2F)C=[NH+]1.F[B-](F)(F)F. The van der Waals surface area contributed by atoms with Crippen LogP contribution in [0.2, 0.25) is 0 Å². The van der Waals surface area contributed by atoms with E-state index in [1.54, 1.807) is 11.2 Å². The number of rotatable bonds is 1. The smallest absolute Gasteiger partial charge is 0.418 e. The van der Waals surface area contributed by atoms with Gasteiger partial charge in [-0.25, -0.2) is 13.7 Å². The quantitative estimate of drug-likeness (QED) is 0.620. The monoisotopic (exact) mass is 298 g/mol. The van der Waals surface area contributed by atoms with Crippen LogP contribution in [0.25, 0.3) is 0 Å². The second-order valence-electron chi connectivity index (χ2n) is 4.88. The van der Waals surface area contributed by atoms with Gasteiger partial charge in [0, 0.05) is 6.07 Å². The molecule has 1 aromatic rings. The van der Waals surface area contributed by atoms with Gasteiger partial charge in [0.15, 0.2) is 11.5 Å². The number of nitrogens with one attached hydrogen (secondary N) is 1. The molecule has 1 N–H and O–H groups in total. The molecule has 0 unspecified atom stereocenters. The van der Waals surface area contributed by atoms with Crippen LogP contribution in [0.5, 0.6) is 0 Å². The average Bonchev–Trinajstić information content (AvgIpc) is 2.56. The lowest BCUT2D eigenvalue weighted by atomic mass is 10.1. The summed E-state index contributed by atoms with van der Waals surface area (Å²) in [7, 11) is -6.00. The number of nitrogens with zero attached hydrogens (tertiary/aromatic N) is 1.